The van der Waals surface area contributed by atoms with Crippen molar-refractivity contribution < 1.29 is 19.4 Å². The van der Waals surface area contributed by atoms with Crippen molar-refractivity contribution in [2.45, 2.75) is 33.2 Å². The third-order valence-electron chi connectivity index (χ3n) is 2.98. The molecular weight excluding hydrogens is 306 g/mol. The van der Waals surface area contributed by atoms with Crippen LogP contribution in [-0.2, 0) is 11.3 Å². The number of rotatable bonds is 10. The summed E-state index contributed by atoms with van der Waals surface area (Å²) in [7, 11) is 1.87. The molecule has 124 valence electrons. The molecule has 1 aromatic carbocycles. The van der Waals surface area contributed by atoms with Crippen LogP contribution in [0, 0.1) is 0 Å². The molecule has 0 heterocycles. The van der Waals surface area contributed by atoms with Gasteiger partial charge in [0, 0.05) is 13.1 Å². The van der Waals surface area contributed by atoms with Gasteiger partial charge in [-0.05, 0) is 38.1 Å². The van der Waals surface area contributed by atoms with Crippen LogP contribution >= 0.6 is 11.6 Å². The number of hydrogen-bond acceptors (Lipinski definition) is 4. The van der Waals surface area contributed by atoms with E-state index < -0.39 is 5.97 Å². The molecule has 1 rings (SSSR count). The number of ether oxygens (including phenoxy) is 2. The zero-order valence-electron chi connectivity index (χ0n) is 13.4. The van der Waals surface area contributed by atoms with E-state index in [0.29, 0.717) is 42.8 Å². The Hall–Kier alpha value is -1.46. The molecule has 6 heteroatoms. The molecule has 0 bridgehead atoms. The molecule has 0 aromatic heterocycles. The molecular formula is C16H24ClNO4. The summed E-state index contributed by atoms with van der Waals surface area (Å²) >= 11 is 6.30. The van der Waals surface area contributed by atoms with Gasteiger partial charge >= 0.3 is 5.97 Å². The van der Waals surface area contributed by atoms with Crippen LogP contribution in [-0.4, -0.2) is 42.8 Å². The summed E-state index contributed by atoms with van der Waals surface area (Å²) in [5, 5.41) is 9.24. The summed E-state index contributed by atoms with van der Waals surface area (Å²) in [6.45, 7) is 6.12. The Labute approximate surface area is 136 Å². The van der Waals surface area contributed by atoms with Crippen LogP contribution in [0.15, 0.2) is 12.1 Å². The molecule has 0 fully saturated rings. The van der Waals surface area contributed by atoms with Gasteiger partial charge < -0.3 is 19.5 Å². The van der Waals surface area contributed by atoms with Gasteiger partial charge in [-0.25, -0.2) is 0 Å². The highest BCUT2D eigenvalue weighted by atomic mass is 35.5. The van der Waals surface area contributed by atoms with Crippen molar-refractivity contribution in [3.63, 3.8) is 0 Å². The van der Waals surface area contributed by atoms with Crippen molar-refractivity contribution in [3.8, 4) is 11.5 Å². The predicted molar refractivity (Wildman–Crippen MR) is 87.0 cm³/mol. The van der Waals surface area contributed by atoms with Crippen LogP contribution in [0.4, 0.5) is 0 Å². The van der Waals surface area contributed by atoms with Crippen molar-refractivity contribution in [2.75, 3.05) is 26.8 Å². The van der Waals surface area contributed by atoms with Gasteiger partial charge in [-0.3, -0.25) is 4.79 Å². The number of aliphatic carboxylic acids is 1. The van der Waals surface area contributed by atoms with E-state index in [4.69, 9.17) is 26.2 Å². The second-order valence-electron chi connectivity index (χ2n) is 5.07. The fraction of sp³-hybridized carbons (Fsp3) is 0.562. The Morgan fingerprint density at radius 3 is 2.64 bits per heavy atom. The molecule has 22 heavy (non-hydrogen) atoms. The number of carbonyl (C=O) groups is 1. The van der Waals surface area contributed by atoms with Crippen molar-refractivity contribution in [2.24, 2.45) is 0 Å². The highest BCUT2D eigenvalue weighted by molar-refractivity contribution is 6.32. The first-order valence-electron chi connectivity index (χ1n) is 7.46. The Morgan fingerprint density at radius 2 is 2.05 bits per heavy atom. The van der Waals surface area contributed by atoms with Gasteiger partial charge in [0.05, 0.1) is 24.7 Å². The average molecular weight is 330 g/mol. The first-order chi connectivity index (χ1) is 10.5. The van der Waals surface area contributed by atoms with E-state index >= 15 is 0 Å². The summed E-state index contributed by atoms with van der Waals surface area (Å²) in [6.07, 6.45) is 1.00. The number of halogens is 1. The Morgan fingerprint density at radius 1 is 1.32 bits per heavy atom. The third-order valence-corrected chi connectivity index (χ3v) is 3.26. The standard InChI is InChI=1S/C16H24ClNO4/c1-4-8-22-16-13(17)9-12(10-14(16)21-5-2)11-18(3)7-6-15(19)20/h9-10H,4-8,11H2,1-3H3,(H,19,20). The quantitative estimate of drug-likeness (QED) is 0.712. The zero-order chi connectivity index (χ0) is 16.5. The Bertz CT molecular complexity index is 493. The first kappa shape index (κ1) is 18.6. The number of hydrogen-bond donors (Lipinski definition) is 1. The minimum atomic E-state index is -0.803. The van der Waals surface area contributed by atoms with Gasteiger partial charge in [-0.2, -0.15) is 0 Å². The number of benzene rings is 1. The first-order valence-corrected chi connectivity index (χ1v) is 7.84. The van der Waals surface area contributed by atoms with Crippen LogP contribution in [0.2, 0.25) is 5.02 Å². The maximum atomic E-state index is 10.6. The minimum Gasteiger partial charge on any atom is -0.490 e. The highest BCUT2D eigenvalue weighted by Crippen LogP contribution is 2.37. The lowest BCUT2D eigenvalue weighted by Crippen LogP contribution is -2.21. The monoisotopic (exact) mass is 329 g/mol. The van der Waals surface area contributed by atoms with E-state index in [2.05, 4.69) is 0 Å². The molecule has 0 amide bonds. The molecule has 0 saturated heterocycles. The highest BCUT2D eigenvalue weighted by Gasteiger charge is 2.13. The van der Waals surface area contributed by atoms with Crippen LogP contribution in [0.1, 0.15) is 32.3 Å². The molecule has 1 aromatic rings. The molecule has 0 aliphatic rings. The summed E-state index contributed by atoms with van der Waals surface area (Å²) in [5.41, 5.74) is 0.963. The number of carboxylic acids is 1. The van der Waals surface area contributed by atoms with Gasteiger partial charge in [-0.15, -0.1) is 0 Å². The van der Waals surface area contributed by atoms with Gasteiger partial charge in [0.1, 0.15) is 0 Å². The molecule has 0 unspecified atom stereocenters. The Balaban J connectivity index is 2.85. The molecule has 0 aliphatic carbocycles. The summed E-state index contributed by atoms with van der Waals surface area (Å²) < 4.78 is 11.3. The van der Waals surface area contributed by atoms with Crippen LogP contribution < -0.4 is 9.47 Å². The van der Waals surface area contributed by atoms with Gasteiger partial charge in [0.2, 0.25) is 0 Å². The molecule has 5 nitrogen and oxygen atoms in total. The molecule has 1 N–H and O–H groups in total. The van der Waals surface area contributed by atoms with Gasteiger partial charge in [0.15, 0.2) is 11.5 Å². The fourth-order valence-corrected chi connectivity index (χ4v) is 2.28. The van der Waals surface area contributed by atoms with Crippen molar-refractivity contribution in [3.05, 3.63) is 22.7 Å². The minimum absolute atomic E-state index is 0.111. The Kier molecular flexibility index (Phi) is 8.06. The summed E-state index contributed by atoms with van der Waals surface area (Å²) in [4.78, 5) is 12.5. The normalized spacial score (nSPS) is 10.8. The smallest absolute Gasteiger partial charge is 0.304 e. The lowest BCUT2D eigenvalue weighted by molar-refractivity contribution is -0.137. The lowest BCUT2D eigenvalue weighted by atomic mass is 10.2. The van der Waals surface area contributed by atoms with Crippen LogP contribution in [0.3, 0.4) is 0 Å². The van der Waals surface area contributed by atoms with E-state index in [0.717, 1.165) is 12.0 Å². The number of carboxylic acid groups (broad SMARTS) is 1. The largest absolute Gasteiger partial charge is 0.490 e. The zero-order valence-corrected chi connectivity index (χ0v) is 14.2. The van der Waals surface area contributed by atoms with Gasteiger partial charge in [-0.1, -0.05) is 18.5 Å². The molecule has 0 atom stereocenters. The SMILES string of the molecule is CCCOc1c(Cl)cc(CN(C)CCC(=O)O)cc1OCC. The molecule has 0 spiro atoms. The fourth-order valence-electron chi connectivity index (χ4n) is 2.00. The third kappa shape index (κ3) is 6.12. The summed E-state index contributed by atoms with van der Waals surface area (Å²) in [6, 6.07) is 3.74. The van der Waals surface area contributed by atoms with E-state index in [1.807, 2.05) is 37.9 Å². The van der Waals surface area contributed by atoms with Crippen LogP contribution in [0.5, 0.6) is 11.5 Å². The van der Waals surface area contributed by atoms with Gasteiger partial charge in [0.25, 0.3) is 0 Å². The van der Waals surface area contributed by atoms with E-state index in [9.17, 15) is 4.79 Å². The maximum Gasteiger partial charge on any atom is 0.304 e. The topological polar surface area (TPSA) is 59.0 Å². The van der Waals surface area contributed by atoms with E-state index in [1.54, 1.807) is 0 Å². The summed E-state index contributed by atoms with van der Waals surface area (Å²) in [5.74, 6) is 0.399. The second kappa shape index (κ2) is 9.54. The second-order valence-corrected chi connectivity index (χ2v) is 5.48. The van der Waals surface area contributed by atoms with Crippen molar-refractivity contribution in [1.82, 2.24) is 4.90 Å². The predicted octanol–water partition coefficient (Wildman–Crippen LogP) is 3.43. The average Bonchev–Trinajstić information content (AvgIpc) is 2.44. The van der Waals surface area contributed by atoms with E-state index in [-0.39, 0.29) is 6.42 Å². The molecule has 0 saturated carbocycles. The van der Waals surface area contributed by atoms with Crippen molar-refractivity contribution >= 4 is 17.6 Å². The maximum absolute atomic E-state index is 10.6. The molecule has 0 aliphatic heterocycles. The van der Waals surface area contributed by atoms with Crippen molar-refractivity contribution in [1.29, 1.82) is 0 Å². The van der Waals surface area contributed by atoms with Crippen LogP contribution in [0.25, 0.3) is 0 Å². The molecule has 0 radical (unpaired) electrons. The van der Waals surface area contributed by atoms with E-state index in [1.165, 1.54) is 0 Å². The number of nitrogens with zero attached hydrogens (tertiary/aromatic N) is 1. The lowest BCUT2D eigenvalue weighted by Gasteiger charge is -2.18.